The zero-order valence-corrected chi connectivity index (χ0v) is 12.4. The van der Waals surface area contributed by atoms with Gasteiger partial charge in [0.15, 0.2) is 12.4 Å². The molecule has 0 bridgehead atoms. The number of aliphatic hydroxyl groups excluding tert-OH is 8. The van der Waals surface area contributed by atoms with Crippen LogP contribution in [0.1, 0.15) is 0 Å². The highest BCUT2D eigenvalue weighted by atomic mass is 16.7. The van der Waals surface area contributed by atoms with E-state index in [0.29, 0.717) is 0 Å². The Morgan fingerprint density at radius 3 is 2.04 bits per heavy atom. The average Bonchev–Trinajstić information content (AvgIpc) is 2.56. The van der Waals surface area contributed by atoms with Gasteiger partial charge in [0, 0.05) is 0 Å². The standard InChI is InChI=1S/C12H22O12/c13-1-3(15)5(16)8(19)10(11(21)22)24-12-9(20)7(18)6(17)4(2-14)23-12/h3-10,12-20H,1-2H2,(H,21,22)/t3-,4-,5-,6-,7+,8+,9-,10-,12?/m1/s1. The first kappa shape index (κ1) is 21.1. The molecule has 0 aromatic heterocycles. The third-order valence-corrected chi connectivity index (χ3v) is 3.61. The van der Waals surface area contributed by atoms with Gasteiger partial charge in [0.25, 0.3) is 0 Å². The van der Waals surface area contributed by atoms with Crippen molar-refractivity contribution in [1.29, 1.82) is 0 Å². The van der Waals surface area contributed by atoms with Gasteiger partial charge < -0.3 is 55.4 Å². The molecule has 9 atom stereocenters. The average molecular weight is 358 g/mol. The van der Waals surface area contributed by atoms with Crippen LogP contribution in [0.5, 0.6) is 0 Å². The second-order valence-electron chi connectivity index (χ2n) is 5.32. The fraction of sp³-hybridized carbons (Fsp3) is 0.917. The van der Waals surface area contributed by atoms with Crippen LogP contribution in [-0.4, -0.2) is 120 Å². The van der Waals surface area contributed by atoms with Gasteiger partial charge in [-0.1, -0.05) is 0 Å². The molecule has 1 aliphatic heterocycles. The maximum atomic E-state index is 11.2. The fourth-order valence-corrected chi connectivity index (χ4v) is 2.12. The predicted octanol–water partition coefficient (Wildman–Crippen LogP) is -5.67. The number of ether oxygens (including phenoxy) is 2. The first-order valence-electron chi connectivity index (χ1n) is 6.99. The predicted molar refractivity (Wildman–Crippen MR) is 71.4 cm³/mol. The summed E-state index contributed by atoms with van der Waals surface area (Å²) in [5.74, 6) is -1.80. The monoisotopic (exact) mass is 358 g/mol. The maximum absolute atomic E-state index is 11.2. The lowest BCUT2D eigenvalue weighted by molar-refractivity contribution is -0.318. The third kappa shape index (κ3) is 4.58. The Morgan fingerprint density at radius 1 is 1.00 bits per heavy atom. The van der Waals surface area contributed by atoms with Gasteiger partial charge in [-0.25, -0.2) is 4.79 Å². The number of carboxylic acid groups (broad SMARTS) is 1. The van der Waals surface area contributed by atoms with E-state index in [0.717, 1.165) is 0 Å². The summed E-state index contributed by atoms with van der Waals surface area (Å²) in [6.45, 7) is -1.75. The highest BCUT2D eigenvalue weighted by molar-refractivity contribution is 5.73. The van der Waals surface area contributed by atoms with Crippen LogP contribution in [0.4, 0.5) is 0 Å². The first-order valence-corrected chi connectivity index (χ1v) is 6.99. The van der Waals surface area contributed by atoms with E-state index in [1.54, 1.807) is 0 Å². The Labute approximate surface area is 135 Å². The maximum Gasteiger partial charge on any atom is 0.335 e. The molecule has 142 valence electrons. The summed E-state index contributed by atoms with van der Waals surface area (Å²) in [6.07, 6.45) is -17.1. The highest BCUT2D eigenvalue weighted by Gasteiger charge is 2.47. The van der Waals surface area contributed by atoms with E-state index in [1.807, 2.05) is 0 Å². The molecule has 12 heteroatoms. The van der Waals surface area contributed by atoms with Crippen LogP contribution in [0.25, 0.3) is 0 Å². The first-order chi connectivity index (χ1) is 11.1. The summed E-state index contributed by atoms with van der Waals surface area (Å²) in [6, 6.07) is 0. The molecule has 0 amide bonds. The van der Waals surface area contributed by atoms with Crippen molar-refractivity contribution in [3.8, 4) is 0 Å². The Kier molecular flexibility index (Phi) is 7.88. The molecule has 0 spiro atoms. The van der Waals surface area contributed by atoms with Gasteiger partial charge in [-0.15, -0.1) is 0 Å². The molecule has 1 fully saturated rings. The van der Waals surface area contributed by atoms with Crippen molar-refractivity contribution >= 4 is 5.97 Å². The van der Waals surface area contributed by atoms with Crippen LogP contribution in [0.3, 0.4) is 0 Å². The van der Waals surface area contributed by atoms with Crippen LogP contribution in [-0.2, 0) is 14.3 Å². The van der Waals surface area contributed by atoms with E-state index in [1.165, 1.54) is 0 Å². The van der Waals surface area contributed by atoms with Crippen LogP contribution in [0.15, 0.2) is 0 Å². The van der Waals surface area contributed by atoms with E-state index < -0.39 is 74.3 Å². The molecule has 1 saturated heterocycles. The van der Waals surface area contributed by atoms with Crippen molar-refractivity contribution in [2.75, 3.05) is 13.2 Å². The van der Waals surface area contributed by atoms with Gasteiger partial charge >= 0.3 is 5.97 Å². The molecule has 1 unspecified atom stereocenters. The van der Waals surface area contributed by atoms with E-state index in [9.17, 15) is 35.4 Å². The van der Waals surface area contributed by atoms with Crippen molar-refractivity contribution in [3.05, 3.63) is 0 Å². The Balaban J connectivity index is 2.89. The van der Waals surface area contributed by atoms with Gasteiger partial charge in [-0.2, -0.15) is 0 Å². The number of carbonyl (C=O) groups is 1. The summed E-state index contributed by atoms with van der Waals surface area (Å²) in [5, 5.41) is 84.3. The molecule has 12 nitrogen and oxygen atoms in total. The summed E-state index contributed by atoms with van der Waals surface area (Å²) in [5.41, 5.74) is 0. The minimum Gasteiger partial charge on any atom is -0.479 e. The van der Waals surface area contributed by atoms with Crippen LogP contribution >= 0.6 is 0 Å². The zero-order valence-electron chi connectivity index (χ0n) is 12.4. The van der Waals surface area contributed by atoms with Gasteiger partial charge in [-0.05, 0) is 0 Å². The van der Waals surface area contributed by atoms with Crippen LogP contribution in [0.2, 0.25) is 0 Å². The lowest BCUT2D eigenvalue weighted by Crippen LogP contribution is -2.61. The molecule has 0 saturated carbocycles. The molecule has 0 aromatic carbocycles. The lowest BCUT2D eigenvalue weighted by atomic mass is 9.99. The topological polar surface area (TPSA) is 218 Å². The van der Waals surface area contributed by atoms with Crippen LogP contribution in [0, 0.1) is 0 Å². The largest absolute Gasteiger partial charge is 0.479 e. The minimum absolute atomic E-state index is 0.781. The zero-order chi connectivity index (χ0) is 18.6. The van der Waals surface area contributed by atoms with E-state index >= 15 is 0 Å². The number of aliphatic hydroxyl groups is 8. The van der Waals surface area contributed by atoms with Crippen molar-refractivity contribution < 1.29 is 60.2 Å². The van der Waals surface area contributed by atoms with E-state index in [2.05, 4.69) is 0 Å². The molecule has 1 aliphatic rings. The quantitative estimate of drug-likeness (QED) is 0.198. The Morgan fingerprint density at radius 2 is 1.58 bits per heavy atom. The van der Waals surface area contributed by atoms with Gasteiger partial charge in [0.05, 0.1) is 13.2 Å². The molecule has 24 heavy (non-hydrogen) atoms. The van der Waals surface area contributed by atoms with Crippen molar-refractivity contribution in [3.63, 3.8) is 0 Å². The number of hydrogen-bond acceptors (Lipinski definition) is 11. The normalized spacial score (nSPS) is 35.9. The minimum atomic E-state index is -2.22. The summed E-state index contributed by atoms with van der Waals surface area (Å²) < 4.78 is 9.76. The number of aliphatic carboxylic acids is 1. The second-order valence-corrected chi connectivity index (χ2v) is 5.32. The third-order valence-electron chi connectivity index (χ3n) is 3.61. The molecule has 1 rings (SSSR count). The molecular weight excluding hydrogens is 336 g/mol. The molecule has 0 radical (unpaired) electrons. The smallest absolute Gasteiger partial charge is 0.335 e. The van der Waals surface area contributed by atoms with Crippen molar-refractivity contribution in [1.82, 2.24) is 0 Å². The summed E-state index contributed by atoms with van der Waals surface area (Å²) in [7, 11) is 0. The molecule has 0 aliphatic carbocycles. The summed E-state index contributed by atoms with van der Waals surface area (Å²) in [4.78, 5) is 11.2. The second kappa shape index (κ2) is 8.96. The van der Waals surface area contributed by atoms with Crippen LogP contribution < -0.4 is 0 Å². The Bertz CT molecular complexity index is 403. The molecule has 1 heterocycles. The SMILES string of the molecule is O=C(O)[C@H](OC1O[C@H](CO)[C@@H](O)[C@H](O)[C@H]1O)[C@@H](O)[C@H](O)[C@H](O)CO. The Hall–Kier alpha value is -0.930. The van der Waals surface area contributed by atoms with Gasteiger partial charge in [0.1, 0.15) is 42.7 Å². The molecule has 9 N–H and O–H groups in total. The number of carboxylic acids is 1. The van der Waals surface area contributed by atoms with E-state index in [4.69, 9.17) is 24.8 Å². The lowest BCUT2D eigenvalue weighted by Gasteiger charge is -2.41. The highest BCUT2D eigenvalue weighted by Crippen LogP contribution is 2.24. The summed E-state index contributed by atoms with van der Waals surface area (Å²) >= 11 is 0. The molecule has 0 aromatic rings. The van der Waals surface area contributed by atoms with Gasteiger partial charge in [-0.3, -0.25) is 0 Å². The van der Waals surface area contributed by atoms with Crippen molar-refractivity contribution in [2.45, 2.75) is 55.1 Å². The van der Waals surface area contributed by atoms with E-state index in [-0.39, 0.29) is 0 Å². The number of rotatable bonds is 8. The fourth-order valence-electron chi connectivity index (χ4n) is 2.12. The van der Waals surface area contributed by atoms with Crippen molar-refractivity contribution in [2.24, 2.45) is 0 Å². The molecular formula is C12H22O12. The van der Waals surface area contributed by atoms with Gasteiger partial charge in [0.2, 0.25) is 0 Å². The number of hydrogen-bond donors (Lipinski definition) is 9.